The number of imidazole rings is 1. The Hall–Kier alpha value is -2.28. The molecule has 1 aliphatic heterocycles. The van der Waals surface area contributed by atoms with Crippen molar-refractivity contribution in [2.24, 2.45) is 5.92 Å². The lowest BCUT2D eigenvalue weighted by atomic mass is 9.94. The lowest BCUT2D eigenvalue weighted by Gasteiger charge is -2.38. The molecule has 1 fully saturated rings. The van der Waals surface area contributed by atoms with E-state index in [1.807, 2.05) is 18.2 Å². The van der Waals surface area contributed by atoms with Crippen molar-refractivity contribution in [3.63, 3.8) is 0 Å². The highest BCUT2D eigenvalue weighted by Crippen LogP contribution is 2.23. The Bertz CT molecular complexity index is 1220. The lowest BCUT2D eigenvalue weighted by molar-refractivity contribution is -0.674. The topological polar surface area (TPSA) is 235 Å². The van der Waals surface area contributed by atoms with Gasteiger partial charge in [-0.25, -0.2) is 9.13 Å². The molecule has 2 aromatic rings. The van der Waals surface area contributed by atoms with Crippen LogP contribution in [0, 0.1) is 12.8 Å². The smallest absolute Gasteiger partial charge is 0.254 e. The van der Waals surface area contributed by atoms with Crippen LogP contribution in [0.4, 0.5) is 0 Å². The van der Waals surface area contributed by atoms with Crippen LogP contribution in [-0.4, -0.2) is 166 Å². The number of aliphatic hydroxyl groups is 10. The van der Waals surface area contributed by atoms with Crippen molar-refractivity contribution in [3.8, 4) is 0 Å². The van der Waals surface area contributed by atoms with Gasteiger partial charge in [0.25, 0.3) is 11.7 Å². The van der Waals surface area contributed by atoms with Gasteiger partial charge < -0.3 is 56.0 Å². The molecule has 0 aliphatic carbocycles. The highest BCUT2D eigenvalue weighted by atomic mass is 16.4. The molecule has 0 radical (unpaired) electrons. The third-order valence-corrected chi connectivity index (χ3v) is 9.18. The van der Waals surface area contributed by atoms with Crippen LogP contribution >= 0.6 is 0 Å². The van der Waals surface area contributed by atoms with E-state index in [0.717, 1.165) is 29.9 Å². The molecule has 46 heavy (non-hydrogen) atoms. The molecule has 15 heteroatoms. The maximum atomic E-state index is 13.5. The number of carbonyl (C=O) groups excluding carboxylic acids is 1. The quantitative estimate of drug-likeness (QED) is 0.0741. The number of aryl methyl sites for hydroxylation is 2. The number of benzene rings is 1. The number of hydrogen-bond acceptors (Lipinski definition) is 12. The zero-order valence-electron chi connectivity index (χ0n) is 26.9. The number of hydrogen-bond donors (Lipinski definition) is 10. The molecule has 1 aromatic heterocycles. The number of carbonyl (C=O) groups is 1. The minimum absolute atomic E-state index is 0.0374. The highest BCUT2D eigenvalue weighted by molar-refractivity contribution is 5.97. The fourth-order valence-electron chi connectivity index (χ4n) is 6.36. The molecule has 15 nitrogen and oxygen atoms in total. The van der Waals surface area contributed by atoms with Crippen LogP contribution in [0.25, 0.3) is 11.0 Å². The van der Waals surface area contributed by atoms with Crippen LogP contribution in [0.3, 0.4) is 0 Å². The van der Waals surface area contributed by atoms with Crippen molar-refractivity contribution in [2.45, 2.75) is 95.5 Å². The van der Waals surface area contributed by atoms with Crippen LogP contribution in [0.2, 0.25) is 0 Å². The SMILES string of the molecule is CCn1c(C)[n+](CC)c2ccc(C(=O)N3CCC(CN(C[C@H](O)[C@@H](O)[C@H](O)[C@H](O)CO)C[C@H](O)[C@@H](O)[C@H](O)[C@H](O)CO)CC3)cc21. The van der Waals surface area contributed by atoms with Crippen molar-refractivity contribution in [1.29, 1.82) is 0 Å². The van der Waals surface area contributed by atoms with Gasteiger partial charge in [0.05, 0.1) is 38.5 Å². The van der Waals surface area contributed by atoms with Gasteiger partial charge in [-0.3, -0.25) is 9.69 Å². The summed E-state index contributed by atoms with van der Waals surface area (Å²) in [6.07, 6.45) is -13.0. The van der Waals surface area contributed by atoms with E-state index in [2.05, 4.69) is 29.9 Å². The summed E-state index contributed by atoms with van der Waals surface area (Å²) in [5.41, 5.74) is 2.64. The molecule has 0 unspecified atom stereocenters. The molecule has 1 amide bonds. The van der Waals surface area contributed by atoms with E-state index in [9.17, 15) is 45.6 Å². The first-order valence-corrected chi connectivity index (χ1v) is 16.0. The van der Waals surface area contributed by atoms with Crippen molar-refractivity contribution < 1.29 is 60.4 Å². The van der Waals surface area contributed by atoms with Crippen LogP contribution in [0.15, 0.2) is 18.2 Å². The fraction of sp³-hybridized carbons (Fsp3) is 0.742. The van der Waals surface area contributed by atoms with Crippen molar-refractivity contribution >= 4 is 16.9 Å². The molecule has 0 saturated carbocycles. The van der Waals surface area contributed by atoms with Gasteiger partial charge in [0.1, 0.15) is 36.6 Å². The van der Waals surface area contributed by atoms with E-state index < -0.39 is 62.0 Å². The molecule has 1 saturated heterocycles. The molecule has 0 spiro atoms. The van der Waals surface area contributed by atoms with Crippen LogP contribution in [0.1, 0.15) is 42.9 Å². The number of amides is 1. The fourth-order valence-corrected chi connectivity index (χ4v) is 6.36. The summed E-state index contributed by atoms with van der Waals surface area (Å²) in [6.45, 7) is 6.56. The van der Waals surface area contributed by atoms with Gasteiger partial charge in [-0.2, -0.15) is 0 Å². The Balaban J connectivity index is 1.70. The summed E-state index contributed by atoms with van der Waals surface area (Å²) in [6, 6.07) is 5.74. The number of likely N-dealkylation sites (tertiary alicyclic amines) is 1. The summed E-state index contributed by atoms with van der Waals surface area (Å²) in [4.78, 5) is 16.8. The summed E-state index contributed by atoms with van der Waals surface area (Å²) >= 11 is 0. The molecule has 1 aromatic carbocycles. The maximum Gasteiger partial charge on any atom is 0.254 e. The van der Waals surface area contributed by atoms with Gasteiger partial charge >= 0.3 is 0 Å². The van der Waals surface area contributed by atoms with Crippen LogP contribution in [-0.2, 0) is 13.1 Å². The number of rotatable bonds is 17. The Labute approximate surface area is 268 Å². The first kappa shape index (κ1) is 38.2. The second kappa shape index (κ2) is 17.2. The summed E-state index contributed by atoms with van der Waals surface area (Å²) in [5, 5.41) is 99.7. The van der Waals surface area contributed by atoms with E-state index >= 15 is 0 Å². The van der Waals surface area contributed by atoms with Gasteiger partial charge in [0.2, 0.25) is 0 Å². The second-order valence-electron chi connectivity index (χ2n) is 12.3. The number of piperidine rings is 1. The molecular weight excluding hydrogens is 604 g/mol. The normalized spacial score (nSPS) is 20.0. The Morgan fingerprint density at radius 2 is 1.35 bits per heavy atom. The van der Waals surface area contributed by atoms with E-state index in [1.54, 1.807) is 4.90 Å². The standard InChI is InChI=1S/C31H53N4O11/c1-4-34-18(3)35(5-2)22-12-20(6-7-21(22)34)31(46)33-10-8-19(9-11-33)13-32(14-23(38)27(42)29(44)25(40)16-36)15-24(39)28(43)30(45)26(41)17-37/h6-7,12,19,23-30,36-45H,4-5,8-11,13-17H2,1-3H3/q+1/t23-,24-,25+,26+,27+,28+,29+,30+/m0/s1. The van der Waals surface area contributed by atoms with Crippen molar-refractivity contribution in [1.82, 2.24) is 14.4 Å². The third kappa shape index (κ3) is 8.79. The number of aliphatic hydroxyl groups excluding tert-OH is 10. The first-order valence-electron chi connectivity index (χ1n) is 16.0. The molecule has 0 bridgehead atoms. The largest absolute Gasteiger partial charge is 0.394 e. The Morgan fingerprint density at radius 3 is 1.80 bits per heavy atom. The molecule has 8 atom stereocenters. The molecule has 10 N–H and O–H groups in total. The minimum Gasteiger partial charge on any atom is -0.394 e. The lowest BCUT2D eigenvalue weighted by Crippen LogP contribution is -2.54. The van der Waals surface area contributed by atoms with Crippen molar-refractivity contribution in [3.05, 3.63) is 29.6 Å². The minimum atomic E-state index is -1.86. The van der Waals surface area contributed by atoms with Gasteiger partial charge in [0.15, 0.2) is 11.0 Å². The predicted molar refractivity (Wildman–Crippen MR) is 166 cm³/mol. The molecule has 1 aliphatic rings. The van der Waals surface area contributed by atoms with Crippen molar-refractivity contribution in [2.75, 3.05) is 45.9 Å². The van der Waals surface area contributed by atoms with Gasteiger partial charge in [-0.1, -0.05) is 0 Å². The first-order chi connectivity index (χ1) is 21.8. The maximum absolute atomic E-state index is 13.5. The monoisotopic (exact) mass is 657 g/mol. The van der Waals surface area contributed by atoms with Crippen LogP contribution in [0.5, 0.6) is 0 Å². The molecule has 2 heterocycles. The van der Waals surface area contributed by atoms with E-state index in [4.69, 9.17) is 10.2 Å². The van der Waals surface area contributed by atoms with E-state index in [-0.39, 0.29) is 31.5 Å². The molecular formula is C31H53N4O11+. The van der Waals surface area contributed by atoms with E-state index in [0.29, 0.717) is 31.5 Å². The Kier molecular flexibility index (Phi) is 14.3. The van der Waals surface area contributed by atoms with Gasteiger partial charge in [0, 0.05) is 51.3 Å². The zero-order valence-corrected chi connectivity index (χ0v) is 26.9. The number of fused-ring (bicyclic) bond motifs is 1. The third-order valence-electron chi connectivity index (χ3n) is 9.18. The summed E-state index contributed by atoms with van der Waals surface area (Å²) < 4.78 is 4.39. The summed E-state index contributed by atoms with van der Waals surface area (Å²) in [5.74, 6) is 0.986. The van der Waals surface area contributed by atoms with Crippen LogP contribution < -0.4 is 4.57 Å². The highest BCUT2D eigenvalue weighted by Gasteiger charge is 2.35. The molecule has 3 rings (SSSR count). The summed E-state index contributed by atoms with van der Waals surface area (Å²) in [7, 11) is 0. The molecule has 262 valence electrons. The van der Waals surface area contributed by atoms with E-state index in [1.165, 1.54) is 4.90 Å². The second-order valence-corrected chi connectivity index (χ2v) is 12.3. The Morgan fingerprint density at radius 1 is 0.848 bits per heavy atom. The number of nitrogens with zero attached hydrogens (tertiary/aromatic N) is 4. The average molecular weight is 658 g/mol. The zero-order chi connectivity index (χ0) is 34.3. The number of aromatic nitrogens is 2. The van der Waals surface area contributed by atoms with Gasteiger partial charge in [-0.05, 0) is 44.7 Å². The van der Waals surface area contributed by atoms with Gasteiger partial charge in [-0.15, -0.1) is 0 Å². The average Bonchev–Trinajstić information content (AvgIpc) is 3.34. The predicted octanol–water partition coefficient (Wildman–Crippen LogP) is -3.70.